The van der Waals surface area contributed by atoms with Gasteiger partial charge in [0, 0.05) is 77.8 Å². The third kappa shape index (κ3) is 24.8. The molecule has 0 aliphatic rings. The fourth-order valence-electron chi connectivity index (χ4n) is 11.1. The first-order valence-electron chi connectivity index (χ1n) is 34.2. The van der Waals surface area contributed by atoms with Gasteiger partial charge >= 0.3 is 35.8 Å². The maximum absolute atomic E-state index is 13.5. The van der Waals surface area contributed by atoms with Gasteiger partial charge in [0.05, 0.1) is 42.7 Å². The van der Waals surface area contributed by atoms with E-state index >= 15 is 0 Å². The van der Waals surface area contributed by atoms with Gasteiger partial charge in [-0.1, -0.05) is 182 Å². The lowest BCUT2D eigenvalue weighted by Gasteiger charge is -2.24. The third-order valence-corrected chi connectivity index (χ3v) is 16.5. The molecule has 106 heavy (non-hydrogen) atoms. The fourth-order valence-corrected chi connectivity index (χ4v) is 11.1. The van der Waals surface area contributed by atoms with Crippen molar-refractivity contribution in [1.82, 2.24) is 49.8 Å². The first-order chi connectivity index (χ1) is 51.7. The number of anilines is 9. The van der Waals surface area contributed by atoms with E-state index in [4.69, 9.17) is 58.3 Å². The molecule has 9 aromatic rings. The van der Waals surface area contributed by atoms with Crippen LogP contribution in [0.2, 0.25) is 0 Å². The number of rotatable bonds is 42. The summed E-state index contributed by atoms with van der Waals surface area (Å²) in [5.41, 5.74) is 4.99. The zero-order chi connectivity index (χ0) is 74.8. The lowest BCUT2D eigenvalue weighted by Crippen LogP contribution is -2.38. The number of hydrogen-bond donors (Lipinski definition) is 9. The first kappa shape index (κ1) is 77.5. The van der Waals surface area contributed by atoms with Crippen LogP contribution in [0.4, 0.5) is 53.5 Å². The second kappa shape index (κ2) is 40.8. The van der Waals surface area contributed by atoms with E-state index < -0.39 is 72.1 Å². The molecule has 6 aromatic carbocycles. The summed E-state index contributed by atoms with van der Waals surface area (Å²) in [5.74, 6) is -3.45. The van der Waals surface area contributed by atoms with Crippen molar-refractivity contribution < 1.29 is 57.2 Å². The molecule has 0 unspecified atom stereocenters. The quantitative estimate of drug-likeness (QED) is 0.0148. The van der Waals surface area contributed by atoms with Crippen LogP contribution in [0.15, 0.2) is 182 Å². The van der Waals surface area contributed by atoms with E-state index in [0.29, 0.717) is 0 Å². The van der Waals surface area contributed by atoms with Crippen LogP contribution in [-0.2, 0) is 95.7 Å². The minimum atomic E-state index is -0.961. The van der Waals surface area contributed by atoms with Crippen LogP contribution >= 0.6 is 0 Å². The van der Waals surface area contributed by atoms with Crippen LogP contribution < -0.4 is 47.9 Å². The van der Waals surface area contributed by atoms with Gasteiger partial charge in [-0.15, -0.1) is 0 Å². The molecule has 3 aromatic heterocycles. The molecule has 0 bridgehead atoms. The van der Waals surface area contributed by atoms with Crippen molar-refractivity contribution in [3.05, 3.63) is 215 Å². The molecular weight excluding hydrogens is 1360 g/mol. The van der Waals surface area contributed by atoms with Crippen LogP contribution in [0, 0.1) is 0 Å². The standard InChI is InChI=1S/C75H87N19O12/c1-101-61(95)55(43-49-25-13-7-14-26-49)79-70-85-67(86-71(91-70)80-56(62(96)102-2)44-50-27-15-8-16-28-50)76-37-40-94(41-38-77-68-87-72(81-57(63(97)103-3)45-51-29-17-9-18-30-51)92-73(88-68)82-58(64(98)104-4)46-52-31-19-10-20-32-52)42-39-78-69-89-74(83-59(65(99)105-5)47-53-33-21-11-22-34-53)93-75(90-69)84-60(66(100)106-6)48-54-35-23-12-24-36-54/h7-36,55-60H,37-48H2,1-6H3,(H3,76,79,80,85,86,91)(H3,77,81,82,87,88,92)(H3,78,83,84,89,90,93)/t55-,56-,57-,58-,59-,60-/m0/s1. The van der Waals surface area contributed by atoms with Crippen LogP contribution in [0.25, 0.3) is 0 Å². The Morgan fingerprint density at radius 2 is 0.406 bits per heavy atom. The summed E-state index contributed by atoms with van der Waals surface area (Å²) < 4.78 is 31.4. The van der Waals surface area contributed by atoms with Gasteiger partial charge in [-0.2, -0.15) is 44.9 Å². The first-order valence-corrected chi connectivity index (χ1v) is 34.2. The van der Waals surface area contributed by atoms with E-state index in [0.717, 1.165) is 33.4 Å². The molecule has 554 valence electrons. The van der Waals surface area contributed by atoms with Gasteiger partial charge in [0.25, 0.3) is 0 Å². The van der Waals surface area contributed by atoms with Gasteiger partial charge in [0.2, 0.25) is 53.5 Å². The predicted octanol–water partition coefficient (Wildman–Crippen LogP) is 6.36. The molecule has 0 aliphatic heterocycles. The Labute approximate surface area is 613 Å². The molecule has 9 rings (SSSR count). The smallest absolute Gasteiger partial charge is 0.328 e. The van der Waals surface area contributed by atoms with E-state index in [-0.39, 0.29) is 131 Å². The van der Waals surface area contributed by atoms with Gasteiger partial charge in [0.15, 0.2) is 0 Å². The maximum Gasteiger partial charge on any atom is 0.328 e. The molecular formula is C75H87N19O12. The summed E-state index contributed by atoms with van der Waals surface area (Å²) >= 11 is 0. The van der Waals surface area contributed by atoms with Crippen molar-refractivity contribution in [2.24, 2.45) is 0 Å². The highest BCUT2D eigenvalue weighted by molar-refractivity contribution is 5.82. The van der Waals surface area contributed by atoms with Crippen molar-refractivity contribution in [1.29, 1.82) is 0 Å². The fraction of sp³-hybridized carbons (Fsp3) is 0.320. The Balaban J connectivity index is 1.04. The maximum atomic E-state index is 13.5. The van der Waals surface area contributed by atoms with Crippen LogP contribution in [-0.4, -0.2) is 204 Å². The van der Waals surface area contributed by atoms with Crippen molar-refractivity contribution in [3.8, 4) is 0 Å². The summed E-state index contributed by atoms with van der Waals surface area (Å²) in [6.45, 7) is 1.31. The largest absolute Gasteiger partial charge is 0.467 e. The number of carbonyl (C=O) groups is 6. The molecule has 31 nitrogen and oxygen atoms in total. The van der Waals surface area contributed by atoms with E-state index in [1.54, 1.807) is 0 Å². The highest BCUT2D eigenvalue weighted by Gasteiger charge is 2.29. The van der Waals surface area contributed by atoms with Crippen molar-refractivity contribution in [2.45, 2.75) is 74.8 Å². The SMILES string of the molecule is COC(=O)[C@H](Cc1ccccc1)Nc1nc(NCCN(CCNc2nc(N[C@@H](Cc3ccccc3)C(=O)OC)nc(N[C@@H](Cc3ccccc3)C(=O)OC)n2)CCNc2nc(N[C@@H](Cc3ccccc3)C(=O)OC)nc(N[C@@H](Cc3ccccc3)C(=O)OC)n2)nc(N[C@@H](Cc2ccccc2)C(=O)OC)n1. The van der Waals surface area contributed by atoms with E-state index in [9.17, 15) is 28.8 Å². The number of benzene rings is 6. The summed E-state index contributed by atoms with van der Waals surface area (Å²) in [7, 11) is 7.72. The van der Waals surface area contributed by atoms with Crippen molar-refractivity contribution >= 4 is 89.4 Å². The monoisotopic (exact) mass is 1450 g/mol. The topological polar surface area (TPSA) is 385 Å². The minimum absolute atomic E-state index is 0.0213. The number of hydrogen-bond acceptors (Lipinski definition) is 31. The number of nitrogens with zero attached hydrogens (tertiary/aromatic N) is 10. The predicted molar refractivity (Wildman–Crippen MR) is 399 cm³/mol. The average molecular weight is 1450 g/mol. The van der Waals surface area contributed by atoms with E-state index in [2.05, 4.69) is 67.7 Å². The molecule has 3 heterocycles. The van der Waals surface area contributed by atoms with Gasteiger partial charge in [-0.05, 0) is 33.4 Å². The Bertz CT molecular complexity index is 3570. The van der Waals surface area contributed by atoms with Crippen LogP contribution in [0.3, 0.4) is 0 Å². The van der Waals surface area contributed by atoms with E-state index in [1.807, 2.05) is 182 Å². The molecule has 0 saturated carbocycles. The molecule has 0 aliphatic carbocycles. The summed E-state index contributed by atoms with van der Waals surface area (Å²) in [6, 6.07) is 50.3. The molecule has 0 amide bonds. The second-order valence-electron chi connectivity index (χ2n) is 24.0. The lowest BCUT2D eigenvalue weighted by atomic mass is 10.1. The highest BCUT2D eigenvalue weighted by Crippen LogP contribution is 2.21. The number of methoxy groups -OCH3 is 6. The average Bonchev–Trinajstić information content (AvgIpc) is 0.844. The number of nitrogens with one attached hydrogen (secondary N) is 9. The summed E-state index contributed by atoms with van der Waals surface area (Å²) in [4.78, 5) is 125. The van der Waals surface area contributed by atoms with E-state index in [1.165, 1.54) is 42.7 Å². The number of ether oxygens (including phenoxy) is 6. The van der Waals surface area contributed by atoms with Gasteiger partial charge < -0.3 is 76.3 Å². The second-order valence-corrected chi connectivity index (χ2v) is 24.0. The van der Waals surface area contributed by atoms with Gasteiger partial charge in [-0.25, -0.2) is 28.8 Å². The third-order valence-electron chi connectivity index (χ3n) is 16.5. The Morgan fingerprint density at radius 3 is 0.557 bits per heavy atom. The Kier molecular flexibility index (Phi) is 29.9. The molecule has 0 radical (unpaired) electrons. The van der Waals surface area contributed by atoms with Gasteiger partial charge in [-0.3, -0.25) is 4.90 Å². The lowest BCUT2D eigenvalue weighted by molar-refractivity contribution is -0.142. The molecule has 0 fully saturated rings. The molecule has 6 atom stereocenters. The van der Waals surface area contributed by atoms with Crippen molar-refractivity contribution in [2.75, 3.05) is 130 Å². The minimum Gasteiger partial charge on any atom is -0.467 e. The Morgan fingerprint density at radius 1 is 0.255 bits per heavy atom. The normalized spacial score (nSPS) is 12.6. The summed E-state index contributed by atoms with van der Waals surface area (Å²) in [5, 5.41) is 28.8. The molecule has 0 saturated heterocycles. The summed E-state index contributed by atoms with van der Waals surface area (Å²) in [6.07, 6.45) is 1.23. The zero-order valence-electron chi connectivity index (χ0n) is 59.6. The van der Waals surface area contributed by atoms with Gasteiger partial charge in [0.1, 0.15) is 36.3 Å². The van der Waals surface area contributed by atoms with Crippen molar-refractivity contribution in [3.63, 3.8) is 0 Å². The highest BCUT2D eigenvalue weighted by atomic mass is 16.5. The molecule has 9 N–H and O–H groups in total. The Hall–Kier alpha value is -12.7. The van der Waals surface area contributed by atoms with Crippen LogP contribution in [0.5, 0.6) is 0 Å². The van der Waals surface area contributed by atoms with Crippen LogP contribution in [0.1, 0.15) is 33.4 Å². The molecule has 31 heteroatoms. The molecule has 0 spiro atoms. The number of aromatic nitrogens is 9. The zero-order valence-corrected chi connectivity index (χ0v) is 59.6. The number of carbonyl (C=O) groups excluding carboxylic acids is 6. The number of esters is 6.